The van der Waals surface area contributed by atoms with E-state index in [1.165, 1.54) is 6.20 Å². The summed E-state index contributed by atoms with van der Waals surface area (Å²) in [6.07, 6.45) is 1.13. The second-order valence-corrected chi connectivity index (χ2v) is 3.80. The molecule has 0 fully saturated rings. The predicted molar refractivity (Wildman–Crippen MR) is 61.3 cm³/mol. The van der Waals surface area contributed by atoms with Gasteiger partial charge in [0.25, 0.3) is 0 Å². The number of carbonyl (C=O) groups is 3. The average Bonchev–Trinajstić information content (AvgIpc) is 2.71. The zero-order chi connectivity index (χ0) is 14.4. The quantitative estimate of drug-likeness (QED) is 0.414. The molecule has 19 heavy (non-hydrogen) atoms. The molecule has 0 aromatic carbocycles. The highest BCUT2D eigenvalue weighted by Gasteiger charge is 2.16. The van der Waals surface area contributed by atoms with Gasteiger partial charge in [-0.1, -0.05) is 5.21 Å². The first-order valence-electron chi connectivity index (χ1n) is 5.31. The van der Waals surface area contributed by atoms with Crippen LogP contribution in [0.2, 0.25) is 0 Å². The molecule has 1 aromatic heterocycles. The largest absolute Gasteiger partial charge is 0.480 e. The Bertz CT molecular complexity index is 485. The Morgan fingerprint density at radius 3 is 2.74 bits per heavy atom. The van der Waals surface area contributed by atoms with Crippen LogP contribution < -0.4 is 16.8 Å². The molecular formula is C9H14N6O4. The van der Waals surface area contributed by atoms with E-state index >= 15 is 0 Å². The van der Waals surface area contributed by atoms with E-state index in [1.807, 2.05) is 0 Å². The van der Waals surface area contributed by atoms with Crippen molar-refractivity contribution in [2.24, 2.45) is 11.5 Å². The Hall–Kier alpha value is -2.49. The van der Waals surface area contributed by atoms with Gasteiger partial charge >= 0.3 is 5.97 Å². The van der Waals surface area contributed by atoms with E-state index in [4.69, 9.17) is 16.6 Å². The van der Waals surface area contributed by atoms with Gasteiger partial charge in [-0.2, -0.15) is 0 Å². The van der Waals surface area contributed by atoms with Crippen LogP contribution >= 0.6 is 0 Å². The lowest BCUT2D eigenvalue weighted by molar-refractivity contribution is -0.138. The molecule has 0 saturated carbocycles. The second kappa shape index (κ2) is 6.44. The van der Waals surface area contributed by atoms with Crippen LogP contribution in [-0.4, -0.2) is 43.9 Å². The van der Waals surface area contributed by atoms with Crippen molar-refractivity contribution in [2.75, 3.05) is 0 Å². The van der Waals surface area contributed by atoms with Crippen LogP contribution in [0.25, 0.3) is 0 Å². The summed E-state index contributed by atoms with van der Waals surface area (Å²) in [5.74, 6) is -2.27. The van der Waals surface area contributed by atoms with Crippen molar-refractivity contribution < 1.29 is 19.5 Å². The third-order valence-electron chi connectivity index (χ3n) is 2.08. The number of hydrogen-bond acceptors (Lipinski definition) is 6. The number of nitrogens with zero attached hydrogens (tertiary/aromatic N) is 3. The van der Waals surface area contributed by atoms with Gasteiger partial charge in [0.15, 0.2) is 0 Å². The normalized spacial score (nSPS) is 11.8. The van der Waals surface area contributed by atoms with Crippen molar-refractivity contribution in [3.05, 3.63) is 11.9 Å². The van der Waals surface area contributed by atoms with Gasteiger partial charge in [0.1, 0.15) is 12.2 Å². The molecule has 0 aliphatic carbocycles. The summed E-state index contributed by atoms with van der Waals surface area (Å²) in [5.41, 5.74) is 10.7. The van der Waals surface area contributed by atoms with Crippen molar-refractivity contribution in [3.8, 4) is 0 Å². The number of aromatic nitrogens is 3. The van der Waals surface area contributed by atoms with E-state index in [1.54, 1.807) is 0 Å². The summed E-state index contributed by atoms with van der Waals surface area (Å²) in [5, 5.41) is 18.2. The van der Waals surface area contributed by atoms with E-state index in [0.29, 0.717) is 5.69 Å². The molecule has 1 unspecified atom stereocenters. The molecule has 0 bridgehead atoms. The maximum Gasteiger partial charge on any atom is 0.325 e. The third kappa shape index (κ3) is 5.12. The van der Waals surface area contributed by atoms with Crippen molar-refractivity contribution in [2.45, 2.75) is 25.6 Å². The predicted octanol–water partition coefficient (Wildman–Crippen LogP) is -2.82. The molecule has 0 aliphatic rings. The fourth-order valence-corrected chi connectivity index (χ4v) is 1.25. The summed E-state index contributed by atoms with van der Waals surface area (Å²) in [6.45, 7) is -0.285. The summed E-state index contributed by atoms with van der Waals surface area (Å²) >= 11 is 0. The van der Waals surface area contributed by atoms with Crippen LogP contribution in [-0.2, 0) is 27.5 Å². The molecule has 1 heterocycles. The van der Waals surface area contributed by atoms with Crippen molar-refractivity contribution >= 4 is 17.8 Å². The lowest BCUT2D eigenvalue weighted by Crippen LogP contribution is -2.42. The first kappa shape index (κ1) is 14.6. The Balaban J connectivity index is 2.43. The molecule has 1 aromatic rings. The molecule has 0 radical (unpaired) electrons. The van der Waals surface area contributed by atoms with Gasteiger partial charge in [0.05, 0.1) is 25.2 Å². The van der Waals surface area contributed by atoms with Crippen LogP contribution in [0, 0.1) is 0 Å². The number of carbonyl (C=O) groups excluding carboxylic acids is 2. The minimum atomic E-state index is -1.05. The zero-order valence-corrected chi connectivity index (χ0v) is 9.94. The Kier molecular flexibility index (Phi) is 4.94. The minimum Gasteiger partial charge on any atom is -0.480 e. The van der Waals surface area contributed by atoms with Crippen molar-refractivity contribution in [1.29, 1.82) is 0 Å². The fraction of sp³-hybridized carbons (Fsp3) is 0.444. The van der Waals surface area contributed by atoms with Crippen molar-refractivity contribution in [3.63, 3.8) is 0 Å². The molecule has 10 nitrogen and oxygen atoms in total. The fourth-order valence-electron chi connectivity index (χ4n) is 1.25. The molecule has 0 spiro atoms. The van der Waals surface area contributed by atoms with Gasteiger partial charge in [-0.15, -0.1) is 5.10 Å². The van der Waals surface area contributed by atoms with E-state index in [2.05, 4.69) is 15.6 Å². The lowest BCUT2D eigenvalue weighted by atomic mass is 10.2. The van der Waals surface area contributed by atoms with Crippen LogP contribution in [0.1, 0.15) is 12.1 Å². The number of aliphatic carboxylic acids is 1. The van der Waals surface area contributed by atoms with Crippen LogP contribution in [0.3, 0.4) is 0 Å². The minimum absolute atomic E-state index is 0.0327. The molecular weight excluding hydrogens is 256 g/mol. The Morgan fingerprint density at radius 2 is 2.16 bits per heavy atom. The highest BCUT2D eigenvalue weighted by atomic mass is 16.4. The Labute approximate surface area is 107 Å². The van der Waals surface area contributed by atoms with Gasteiger partial charge in [-0.25, -0.2) is 4.68 Å². The maximum absolute atomic E-state index is 11.4. The first-order valence-corrected chi connectivity index (χ1v) is 5.31. The van der Waals surface area contributed by atoms with Gasteiger partial charge in [0.2, 0.25) is 11.8 Å². The molecule has 1 rings (SSSR count). The van der Waals surface area contributed by atoms with Gasteiger partial charge < -0.3 is 21.9 Å². The second-order valence-electron chi connectivity index (χ2n) is 3.80. The molecule has 1 atom stereocenters. The highest BCUT2D eigenvalue weighted by molar-refractivity contribution is 5.87. The number of carboxylic acid groups (broad SMARTS) is 1. The van der Waals surface area contributed by atoms with Gasteiger partial charge in [-0.05, 0) is 0 Å². The first-order chi connectivity index (χ1) is 8.88. The molecule has 2 amide bonds. The number of hydrogen-bond donors (Lipinski definition) is 4. The van der Waals surface area contributed by atoms with Crippen LogP contribution in [0.15, 0.2) is 6.20 Å². The number of amides is 2. The maximum atomic E-state index is 11.4. The summed E-state index contributed by atoms with van der Waals surface area (Å²) in [4.78, 5) is 32.4. The standard InChI is InChI=1S/C9H14N6O4/c10-6(1-7(11)16)9(19)12-2-5-3-15(14-13-5)4-8(17)18/h3,6H,1-2,4,10H2,(H2,11,16)(H,12,19)(H,17,18). The molecule has 10 heteroatoms. The number of nitrogens with one attached hydrogen (secondary N) is 1. The SMILES string of the molecule is NC(=O)CC(N)C(=O)NCc1cn(CC(=O)O)nn1. The summed E-state index contributed by atoms with van der Waals surface area (Å²) in [6, 6.07) is -1.02. The number of carboxylic acids is 1. The molecule has 0 saturated heterocycles. The van der Waals surface area contributed by atoms with Gasteiger partial charge in [0, 0.05) is 0 Å². The number of primary amides is 1. The van der Waals surface area contributed by atoms with E-state index < -0.39 is 23.8 Å². The molecule has 0 aliphatic heterocycles. The zero-order valence-electron chi connectivity index (χ0n) is 9.94. The average molecular weight is 270 g/mol. The van der Waals surface area contributed by atoms with E-state index in [9.17, 15) is 14.4 Å². The summed E-state index contributed by atoms with van der Waals surface area (Å²) in [7, 11) is 0. The number of rotatable bonds is 7. The smallest absolute Gasteiger partial charge is 0.325 e. The van der Waals surface area contributed by atoms with Gasteiger partial charge in [-0.3, -0.25) is 14.4 Å². The summed E-state index contributed by atoms with van der Waals surface area (Å²) < 4.78 is 1.12. The topological polar surface area (TPSA) is 166 Å². The third-order valence-corrected chi connectivity index (χ3v) is 2.08. The Morgan fingerprint density at radius 1 is 1.47 bits per heavy atom. The van der Waals surface area contributed by atoms with Crippen LogP contribution in [0.4, 0.5) is 0 Å². The van der Waals surface area contributed by atoms with E-state index in [-0.39, 0.29) is 19.5 Å². The van der Waals surface area contributed by atoms with E-state index in [0.717, 1.165) is 4.68 Å². The lowest BCUT2D eigenvalue weighted by Gasteiger charge is -2.08. The van der Waals surface area contributed by atoms with Crippen LogP contribution in [0.5, 0.6) is 0 Å². The monoisotopic (exact) mass is 270 g/mol. The molecule has 6 N–H and O–H groups in total. The highest BCUT2D eigenvalue weighted by Crippen LogP contribution is 1.94. The molecule has 104 valence electrons. The van der Waals surface area contributed by atoms with Crippen molar-refractivity contribution in [1.82, 2.24) is 20.3 Å². The number of nitrogens with two attached hydrogens (primary N) is 2.